The Morgan fingerprint density at radius 2 is 1.62 bits per heavy atom. The maximum atomic E-state index is 12.4. The number of benzene rings is 2. The van der Waals surface area contributed by atoms with Crippen LogP contribution in [-0.4, -0.2) is 43.6 Å². The lowest BCUT2D eigenvalue weighted by molar-refractivity contribution is -0.130. The van der Waals surface area contributed by atoms with Crippen molar-refractivity contribution < 1.29 is 28.6 Å². The number of hydrogen-bond acceptors (Lipinski definition) is 6. The Morgan fingerprint density at radius 1 is 0.969 bits per heavy atom. The van der Waals surface area contributed by atoms with Gasteiger partial charge in [-0.05, 0) is 63.9 Å². The molecular weight excluding hydrogens is 412 g/mol. The monoisotopic (exact) mass is 442 g/mol. The minimum Gasteiger partial charge on any atom is -0.493 e. The van der Waals surface area contributed by atoms with E-state index in [-0.39, 0.29) is 24.1 Å². The van der Waals surface area contributed by atoms with Gasteiger partial charge in [0.05, 0.1) is 25.3 Å². The smallest absolute Gasteiger partial charge is 0.339 e. The normalized spacial score (nSPS) is 11.5. The molecule has 0 aromatic heterocycles. The number of aryl methyl sites for hydroxylation is 2. The number of amides is 2. The number of rotatable bonds is 9. The van der Waals surface area contributed by atoms with Crippen molar-refractivity contribution in [2.75, 3.05) is 19.0 Å². The second-order valence-corrected chi connectivity index (χ2v) is 7.61. The summed E-state index contributed by atoms with van der Waals surface area (Å²) in [5.74, 6) is -0.767. The number of anilines is 1. The molecule has 0 aliphatic rings. The fourth-order valence-corrected chi connectivity index (χ4v) is 2.93. The zero-order valence-electron chi connectivity index (χ0n) is 19.3. The molecule has 0 heterocycles. The van der Waals surface area contributed by atoms with E-state index < -0.39 is 18.0 Å². The van der Waals surface area contributed by atoms with E-state index in [9.17, 15) is 14.4 Å². The summed E-state index contributed by atoms with van der Waals surface area (Å²) in [7, 11) is 1.47. The molecule has 0 aliphatic carbocycles. The van der Waals surface area contributed by atoms with Crippen LogP contribution in [0.2, 0.25) is 0 Å². The summed E-state index contributed by atoms with van der Waals surface area (Å²) in [4.78, 5) is 36.9. The van der Waals surface area contributed by atoms with E-state index in [1.54, 1.807) is 6.07 Å². The molecule has 0 aliphatic heterocycles. The first-order valence-electron chi connectivity index (χ1n) is 10.3. The Bertz CT molecular complexity index is 966. The first-order chi connectivity index (χ1) is 15.1. The topological polar surface area (TPSA) is 103 Å². The highest BCUT2D eigenvalue weighted by Crippen LogP contribution is 2.29. The molecule has 8 nitrogen and oxygen atoms in total. The molecule has 2 amide bonds. The highest BCUT2D eigenvalue weighted by Gasteiger charge is 2.21. The zero-order chi connectivity index (χ0) is 23.8. The number of esters is 1. The molecule has 0 bridgehead atoms. The van der Waals surface area contributed by atoms with Crippen LogP contribution in [0.4, 0.5) is 5.69 Å². The molecule has 0 spiro atoms. The second kappa shape index (κ2) is 11.2. The Balaban J connectivity index is 1.91. The predicted octanol–water partition coefficient (Wildman–Crippen LogP) is 3.40. The van der Waals surface area contributed by atoms with Crippen LogP contribution in [0.1, 0.15) is 42.3 Å². The standard InChI is InChI=1S/C24H30N2O6/c1-14(2)31-19-11-10-18(12-20(19)30-6)24(29)32-17(5)23(28)25-13-21(27)26-22-15(3)8-7-9-16(22)4/h7-12,14,17H,13H2,1-6H3,(H,25,28)(H,26,27). The van der Waals surface area contributed by atoms with Crippen molar-refractivity contribution in [2.45, 2.75) is 46.8 Å². The lowest BCUT2D eigenvalue weighted by Gasteiger charge is -2.16. The molecule has 32 heavy (non-hydrogen) atoms. The molecule has 1 atom stereocenters. The number of carbonyl (C=O) groups excluding carboxylic acids is 3. The minimum atomic E-state index is -1.09. The number of hydrogen-bond donors (Lipinski definition) is 2. The van der Waals surface area contributed by atoms with Crippen LogP contribution < -0.4 is 20.1 Å². The summed E-state index contributed by atoms with van der Waals surface area (Å²) < 4.78 is 16.1. The van der Waals surface area contributed by atoms with Gasteiger partial charge >= 0.3 is 5.97 Å². The van der Waals surface area contributed by atoms with Crippen LogP contribution in [0, 0.1) is 13.8 Å². The molecule has 0 fully saturated rings. The molecule has 0 radical (unpaired) electrons. The third-order valence-electron chi connectivity index (χ3n) is 4.58. The maximum Gasteiger partial charge on any atom is 0.339 e. The molecule has 0 saturated carbocycles. The van der Waals surface area contributed by atoms with Gasteiger partial charge in [-0.1, -0.05) is 18.2 Å². The fourth-order valence-electron chi connectivity index (χ4n) is 2.93. The van der Waals surface area contributed by atoms with E-state index in [2.05, 4.69) is 10.6 Å². The average Bonchev–Trinajstić information content (AvgIpc) is 2.74. The molecule has 2 aromatic rings. The van der Waals surface area contributed by atoms with E-state index in [0.29, 0.717) is 17.2 Å². The van der Waals surface area contributed by atoms with Gasteiger partial charge in [-0.25, -0.2) is 4.79 Å². The van der Waals surface area contributed by atoms with Crippen LogP contribution in [0.15, 0.2) is 36.4 Å². The van der Waals surface area contributed by atoms with Gasteiger partial charge in [0.15, 0.2) is 17.6 Å². The van der Waals surface area contributed by atoms with Crippen molar-refractivity contribution in [1.82, 2.24) is 5.32 Å². The average molecular weight is 443 g/mol. The minimum absolute atomic E-state index is 0.0580. The Morgan fingerprint density at radius 3 is 2.22 bits per heavy atom. The third kappa shape index (κ3) is 6.73. The van der Waals surface area contributed by atoms with E-state index in [0.717, 1.165) is 11.1 Å². The third-order valence-corrected chi connectivity index (χ3v) is 4.58. The first-order valence-corrected chi connectivity index (χ1v) is 10.3. The Labute approximate surface area is 188 Å². The fraction of sp³-hybridized carbons (Fsp3) is 0.375. The number of ether oxygens (including phenoxy) is 3. The van der Waals surface area contributed by atoms with Crippen molar-refractivity contribution in [3.8, 4) is 11.5 Å². The van der Waals surface area contributed by atoms with Crippen LogP contribution in [0.25, 0.3) is 0 Å². The highest BCUT2D eigenvalue weighted by atomic mass is 16.5. The van der Waals surface area contributed by atoms with Gasteiger partial charge in [0.1, 0.15) is 0 Å². The van der Waals surface area contributed by atoms with Crippen LogP contribution >= 0.6 is 0 Å². The maximum absolute atomic E-state index is 12.4. The Kier molecular flexibility index (Phi) is 8.63. The Hall–Kier alpha value is -3.55. The van der Waals surface area contributed by atoms with Gasteiger partial charge in [0.2, 0.25) is 5.91 Å². The van der Waals surface area contributed by atoms with Crippen molar-refractivity contribution in [1.29, 1.82) is 0 Å². The number of nitrogens with one attached hydrogen (secondary N) is 2. The first kappa shape index (κ1) is 24.7. The van der Waals surface area contributed by atoms with Gasteiger partial charge in [-0.2, -0.15) is 0 Å². The summed E-state index contributed by atoms with van der Waals surface area (Å²) in [5, 5.41) is 5.26. The number of carbonyl (C=O) groups is 3. The van der Waals surface area contributed by atoms with Gasteiger partial charge in [0.25, 0.3) is 5.91 Å². The van der Waals surface area contributed by atoms with E-state index in [4.69, 9.17) is 14.2 Å². The summed E-state index contributed by atoms with van der Waals surface area (Å²) in [5.41, 5.74) is 2.77. The molecule has 1 unspecified atom stereocenters. The van der Waals surface area contributed by atoms with Gasteiger partial charge in [-0.15, -0.1) is 0 Å². The molecule has 172 valence electrons. The summed E-state index contributed by atoms with van der Waals surface area (Å²) >= 11 is 0. The number of para-hydroxylation sites is 1. The van der Waals surface area contributed by atoms with Crippen molar-refractivity contribution in [3.05, 3.63) is 53.1 Å². The molecule has 0 saturated heterocycles. The quantitative estimate of drug-likeness (QED) is 0.577. The van der Waals surface area contributed by atoms with Crippen molar-refractivity contribution in [2.24, 2.45) is 0 Å². The van der Waals surface area contributed by atoms with E-state index >= 15 is 0 Å². The zero-order valence-corrected chi connectivity index (χ0v) is 19.3. The van der Waals surface area contributed by atoms with Gasteiger partial charge < -0.3 is 24.8 Å². The van der Waals surface area contributed by atoms with Crippen LogP contribution in [0.5, 0.6) is 11.5 Å². The number of methoxy groups -OCH3 is 1. The van der Waals surface area contributed by atoms with Gasteiger partial charge in [0, 0.05) is 5.69 Å². The predicted molar refractivity (Wildman–Crippen MR) is 121 cm³/mol. The highest BCUT2D eigenvalue weighted by molar-refractivity contribution is 5.97. The lowest BCUT2D eigenvalue weighted by atomic mass is 10.1. The van der Waals surface area contributed by atoms with Crippen LogP contribution in [0.3, 0.4) is 0 Å². The SMILES string of the molecule is COc1cc(C(=O)OC(C)C(=O)NCC(=O)Nc2c(C)cccc2C)ccc1OC(C)C. The summed E-state index contributed by atoms with van der Waals surface area (Å²) in [6.45, 7) is 8.72. The van der Waals surface area contributed by atoms with Crippen LogP contribution in [-0.2, 0) is 14.3 Å². The van der Waals surface area contributed by atoms with E-state index in [1.165, 1.54) is 26.2 Å². The lowest BCUT2D eigenvalue weighted by Crippen LogP contribution is -2.40. The second-order valence-electron chi connectivity index (χ2n) is 7.61. The molecule has 2 aromatic carbocycles. The molecular formula is C24H30N2O6. The van der Waals surface area contributed by atoms with Crippen molar-refractivity contribution in [3.63, 3.8) is 0 Å². The van der Waals surface area contributed by atoms with E-state index in [1.807, 2.05) is 45.9 Å². The largest absolute Gasteiger partial charge is 0.493 e. The molecule has 8 heteroatoms. The molecule has 2 N–H and O–H groups in total. The molecule has 2 rings (SSSR count). The summed E-state index contributed by atoms with van der Waals surface area (Å²) in [6, 6.07) is 10.3. The summed E-state index contributed by atoms with van der Waals surface area (Å²) in [6.07, 6.45) is -1.15. The van der Waals surface area contributed by atoms with Crippen molar-refractivity contribution >= 4 is 23.5 Å². The van der Waals surface area contributed by atoms with Gasteiger partial charge in [-0.3, -0.25) is 9.59 Å².